The topological polar surface area (TPSA) is 160 Å². The van der Waals surface area contributed by atoms with Crippen LogP contribution in [0.1, 0.15) is 111 Å². The van der Waals surface area contributed by atoms with Gasteiger partial charge in [-0.1, -0.05) is 159 Å². The fraction of sp³-hybridized carbons (Fsp3) is 0.467. The Balaban J connectivity index is 0.00000360. The quantitative estimate of drug-likeness (QED) is 0.0900. The molecule has 0 unspecified atom stereocenters. The van der Waals surface area contributed by atoms with Crippen molar-refractivity contribution in [3.05, 3.63) is 72.8 Å². The fourth-order valence-electron chi connectivity index (χ4n) is 10.9. The first-order valence-electron chi connectivity index (χ1n) is 26.4. The number of nitrogens with zero attached hydrogens (tertiary/aromatic N) is 8. The monoisotopic (exact) mass is 1040 g/mol. The SMILES string of the molecule is CC(C)C(Oc1cccc2c1-c1nc-2nc2[n-]c(nc3nc(nc4[n-]c(n1)c1cccc(OC(C(C)C)C(C)C)c41)-c1cccc(OC(C(C)C)C(C)C)c1-3)c1cccc(OC(C(C)C)C(C)C)c21)C(C)C.[O]=[V+2]. The van der Waals surface area contributed by atoms with Crippen molar-refractivity contribution in [1.82, 2.24) is 39.9 Å². The minimum atomic E-state index is -0.0817. The Morgan fingerprint density at radius 3 is 0.919 bits per heavy atom. The van der Waals surface area contributed by atoms with Crippen LogP contribution in [0.15, 0.2) is 72.8 Å². The van der Waals surface area contributed by atoms with Gasteiger partial charge in [0.25, 0.3) is 0 Å². The molecule has 0 saturated carbocycles. The zero-order valence-corrected chi connectivity index (χ0v) is 47.3. The molecule has 13 nitrogen and oxygen atoms in total. The number of hydrogen-bond acceptors (Lipinski definition) is 11. The Labute approximate surface area is 445 Å². The van der Waals surface area contributed by atoms with E-state index in [0.717, 1.165) is 61.2 Å². The second-order valence-electron chi connectivity index (χ2n) is 22.5. The average Bonchev–Trinajstić information content (AvgIpc) is 4.09. The van der Waals surface area contributed by atoms with Gasteiger partial charge in [-0.05, 0) is 82.4 Å². The third-order valence-corrected chi connectivity index (χ3v) is 14.0. The first-order valence-corrected chi connectivity index (χ1v) is 27.0. The summed E-state index contributed by atoms with van der Waals surface area (Å²) in [6.07, 6.45) is -0.327. The van der Waals surface area contributed by atoms with Crippen molar-refractivity contribution >= 4 is 44.1 Å². The Kier molecular flexibility index (Phi) is 16.3. The Hall–Kier alpha value is -6.18. The fourth-order valence-corrected chi connectivity index (χ4v) is 10.9. The van der Waals surface area contributed by atoms with Crippen LogP contribution in [0.3, 0.4) is 0 Å². The number of hydrogen-bond donors (Lipinski definition) is 0. The maximum absolute atomic E-state index is 8.19. The van der Waals surface area contributed by atoms with Crippen LogP contribution in [-0.4, -0.2) is 54.3 Å². The van der Waals surface area contributed by atoms with E-state index in [1.54, 1.807) is 0 Å². The van der Waals surface area contributed by atoms with Crippen molar-refractivity contribution in [3.8, 4) is 68.5 Å². The van der Waals surface area contributed by atoms with Gasteiger partial charge in [-0.2, -0.15) is 0 Å². The summed E-state index contributed by atoms with van der Waals surface area (Å²) in [5, 5.41) is 2.98. The molecule has 0 fully saturated rings. The van der Waals surface area contributed by atoms with Gasteiger partial charge in [-0.15, -0.1) is 0 Å². The van der Waals surface area contributed by atoms with Gasteiger partial charge < -0.3 is 48.9 Å². The average molecular weight is 1040 g/mol. The van der Waals surface area contributed by atoms with Gasteiger partial charge in [-0.3, -0.25) is 0 Å². The third-order valence-electron chi connectivity index (χ3n) is 14.0. The summed E-state index contributed by atoms with van der Waals surface area (Å²) in [5.41, 5.74) is 4.68. The van der Waals surface area contributed by atoms with E-state index < -0.39 is 0 Å². The van der Waals surface area contributed by atoms with Gasteiger partial charge in [0.1, 0.15) is 47.4 Å². The van der Waals surface area contributed by atoms with E-state index in [-0.39, 0.29) is 71.8 Å². The standard InChI is InChI=1S/C60H72N8O4.O.V/c1-29(2)49(30(3)4)69-41-25-17-21-37-45(41)57-61-53(37)66-58-47-39(23-19-27-43(47)71-51(33(9)10)34(11)12)55(63-58)68-60-48-40(24-20-28-44(48)72-52(35(13)14)36(15)16)56(64-60)67-59-46-38(54(62-59)65-57)22-18-26-42(46)70-50(31(5)6)32(7)8;;/h17-36,49-52H,1-16H3;;/q-2;;+2. The van der Waals surface area contributed by atoms with E-state index in [0.29, 0.717) is 68.9 Å². The summed E-state index contributed by atoms with van der Waals surface area (Å²) >= 11 is 1.06. The van der Waals surface area contributed by atoms with Crippen LogP contribution in [0, 0.1) is 47.3 Å². The normalized spacial score (nSPS) is 12.6. The molecule has 0 N–H and O–H groups in total. The van der Waals surface area contributed by atoms with Gasteiger partial charge >= 0.3 is 21.0 Å². The molecular formula is C60H72N8O5V. The molecule has 0 spiro atoms. The molecule has 74 heavy (non-hydrogen) atoms. The number of ether oxygens (including phenoxy) is 4. The van der Waals surface area contributed by atoms with Crippen LogP contribution >= 0.6 is 0 Å². The molecule has 0 aliphatic carbocycles. The van der Waals surface area contributed by atoms with Crippen LogP contribution in [-0.2, 0) is 21.0 Å². The predicted molar refractivity (Wildman–Crippen MR) is 291 cm³/mol. The summed E-state index contributed by atoms with van der Waals surface area (Å²) in [7, 11) is 0. The van der Waals surface area contributed by atoms with Gasteiger partial charge in [0.2, 0.25) is 0 Å². The van der Waals surface area contributed by atoms with E-state index in [1.807, 2.05) is 72.8 Å². The zero-order valence-electron chi connectivity index (χ0n) is 45.9. The molecule has 7 aromatic rings. The second kappa shape index (κ2) is 22.3. The van der Waals surface area contributed by atoms with Crippen molar-refractivity contribution < 1.29 is 40.0 Å². The maximum atomic E-state index is 8.19. The van der Waals surface area contributed by atoms with Crippen molar-refractivity contribution in [2.45, 2.75) is 135 Å². The van der Waals surface area contributed by atoms with Gasteiger partial charge in [0.05, 0.1) is 34.4 Å². The molecule has 8 bridgehead atoms. The molecule has 0 radical (unpaired) electrons. The van der Waals surface area contributed by atoms with Crippen LogP contribution in [0.2, 0.25) is 0 Å². The second-order valence-corrected chi connectivity index (χ2v) is 22.5. The number of fused-ring (bicyclic) bond motifs is 20. The van der Waals surface area contributed by atoms with Crippen LogP contribution in [0.25, 0.3) is 89.7 Å². The molecule has 2 aliphatic heterocycles. The molecule has 2 aliphatic rings. The molecular weight excluding hydrogens is 964 g/mol. The Bertz CT molecular complexity index is 3070. The first-order chi connectivity index (χ1) is 35.3. The van der Waals surface area contributed by atoms with E-state index in [1.165, 1.54) is 0 Å². The van der Waals surface area contributed by atoms with Crippen molar-refractivity contribution in [2.75, 3.05) is 0 Å². The summed E-state index contributed by atoms with van der Waals surface area (Å²) in [6, 6.07) is 24.0. The molecule has 0 atom stereocenters. The van der Waals surface area contributed by atoms with Crippen LogP contribution < -0.4 is 28.9 Å². The first kappa shape index (κ1) is 54.1. The van der Waals surface area contributed by atoms with E-state index in [4.69, 9.17) is 62.5 Å². The Morgan fingerprint density at radius 1 is 0.338 bits per heavy atom. The molecule has 5 heterocycles. The van der Waals surface area contributed by atoms with E-state index in [2.05, 4.69) is 111 Å². The summed E-state index contributed by atoms with van der Waals surface area (Å²) in [6.45, 7) is 35.0. The van der Waals surface area contributed by atoms with Gasteiger partial charge in [0.15, 0.2) is 0 Å². The minimum absolute atomic E-state index is 0.0817. The van der Waals surface area contributed by atoms with Gasteiger partial charge in [0, 0.05) is 44.5 Å². The molecule has 0 saturated heterocycles. The zero-order chi connectivity index (χ0) is 53.4. The van der Waals surface area contributed by atoms with Crippen molar-refractivity contribution in [1.29, 1.82) is 0 Å². The Morgan fingerprint density at radius 2 is 0.608 bits per heavy atom. The van der Waals surface area contributed by atoms with Crippen LogP contribution in [0.4, 0.5) is 0 Å². The molecule has 3 aromatic heterocycles. The van der Waals surface area contributed by atoms with E-state index in [9.17, 15) is 0 Å². The van der Waals surface area contributed by atoms with Crippen molar-refractivity contribution in [2.24, 2.45) is 47.3 Å². The summed E-state index contributed by atoms with van der Waals surface area (Å²) < 4.78 is 36.1. The molecule has 387 valence electrons. The summed E-state index contributed by atoms with van der Waals surface area (Å²) in [4.78, 5) is 42.7. The number of rotatable bonds is 16. The number of benzene rings is 4. The molecule has 0 amide bonds. The van der Waals surface area contributed by atoms with E-state index >= 15 is 0 Å². The summed E-state index contributed by atoms with van der Waals surface area (Å²) in [5.74, 6) is 6.27. The van der Waals surface area contributed by atoms with Crippen LogP contribution in [0.5, 0.6) is 23.0 Å². The molecule has 14 heteroatoms. The molecule has 9 rings (SSSR count). The third kappa shape index (κ3) is 10.6. The number of aromatic nitrogens is 8. The van der Waals surface area contributed by atoms with Crippen molar-refractivity contribution in [3.63, 3.8) is 0 Å². The van der Waals surface area contributed by atoms with Gasteiger partial charge in [-0.25, -0.2) is 9.97 Å². The molecule has 4 aromatic carbocycles. The predicted octanol–water partition coefficient (Wildman–Crippen LogP) is 14.2.